The summed E-state index contributed by atoms with van der Waals surface area (Å²) in [6, 6.07) is 3.99. The van der Waals surface area contributed by atoms with Crippen molar-refractivity contribution in [2.75, 3.05) is 29.6 Å². The molecule has 1 aliphatic heterocycles. The molecule has 0 radical (unpaired) electrons. The van der Waals surface area contributed by atoms with E-state index in [1.807, 2.05) is 13.0 Å². The van der Waals surface area contributed by atoms with E-state index in [4.69, 9.17) is 0 Å². The first kappa shape index (κ1) is 20.6. The number of aryl methyl sites for hydroxylation is 1. The van der Waals surface area contributed by atoms with Crippen LogP contribution in [0.1, 0.15) is 32.1 Å². The Morgan fingerprint density at radius 2 is 2.07 bits per heavy atom. The van der Waals surface area contributed by atoms with Gasteiger partial charge in [-0.3, -0.25) is 4.21 Å². The van der Waals surface area contributed by atoms with Crippen LogP contribution in [0.5, 0.6) is 0 Å². The Morgan fingerprint density at radius 3 is 2.77 bits per heavy atom. The molecule has 3 aromatic rings. The van der Waals surface area contributed by atoms with Gasteiger partial charge < -0.3 is 14.8 Å². The Kier molecular flexibility index (Phi) is 5.68. The zero-order chi connectivity index (χ0) is 21.4. The van der Waals surface area contributed by atoms with E-state index in [-0.39, 0.29) is 12.6 Å². The maximum absolute atomic E-state index is 14.4. The fourth-order valence-corrected chi connectivity index (χ4v) is 4.92. The molecule has 0 aliphatic carbocycles. The molecule has 0 amide bonds. The molecule has 4 rings (SSSR count). The van der Waals surface area contributed by atoms with Gasteiger partial charge in [-0.15, -0.1) is 0 Å². The number of imidazole rings is 1. The normalized spacial score (nSPS) is 20.7. The lowest BCUT2D eigenvalue weighted by molar-refractivity contribution is 0.291. The number of nitrogens with one attached hydrogen (secondary N) is 1. The third-order valence-electron chi connectivity index (χ3n) is 5.36. The minimum absolute atomic E-state index is 0.144. The Balaban J connectivity index is 1.55. The van der Waals surface area contributed by atoms with Gasteiger partial charge in [0.2, 0.25) is 5.95 Å². The summed E-state index contributed by atoms with van der Waals surface area (Å²) in [6.45, 7) is 6.94. The lowest BCUT2D eigenvalue weighted by atomic mass is 10.1. The largest absolute Gasteiger partial charge is 0.338 e. The second-order valence-corrected chi connectivity index (χ2v) is 9.44. The number of hydrogen-bond acceptors (Lipinski definition) is 7. The van der Waals surface area contributed by atoms with Gasteiger partial charge >= 0.3 is 0 Å². The van der Waals surface area contributed by atoms with Crippen LogP contribution in [0.15, 0.2) is 24.5 Å². The Labute approximate surface area is 177 Å². The third-order valence-corrected chi connectivity index (χ3v) is 6.74. The molecule has 3 atom stereocenters. The van der Waals surface area contributed by atoms with Crippen LogP contribution in [0.2, 0.25) is 0 Å². The van der Waals surface area contributed by atoms with Crippen LogP contribution in [0.25, 0.3) is 11.0 Å². The highest BCUT2D eigenvalue weighted by molar-refractivity contribution is 7.85. The van der Waals surface area contributed by atoms with Gasteiger partial charge in [-0.1, -0.05) is 0 Å². The van der Waals surface area contributed by atoms with E-state index in [2.05, 4.69) is 43.7 Å². The first-order chi connectivity index (χ1) is 14.3. The highest BCUT2D eigenvalue weighted by Gasteiger charge is 2.32. The summed E-state index contributed by atoms with van der Waals surface area (Å²) >= 11 is 0. The number of alkyl halides is 1. The monoisotopic (exact) mass is 431 g/mol. The van der Waals surface area contributed by atoms with E-state index in [1.165, 1.54) is 0 Å². The van der Waals surface area contributed by atoms with Gasteiger partial charge in [-0.25, -0.2) is 19.3 Å². The van der Waals surface area contributed by atoms with Crippen molar-refractivity contribution in [1.82, 2.24) is 24.5 Å². The molecule has 160 valence electrons. The summed E-state index contributed by atoms with van der Waals surface area (Å²) in [4.78, 5) is 19.6. The molecule has 10 heteroatoms. The highest BCUT2D eigenvalue weighted by atomic mass is 32.2. The molecule has 1 aliphatic rings. The zero-order valence-electron chi connectivity index (χ0n) is 17.5. The Hall–Kier alpha value is -2.62. The van der Waals surface area contributed by atoms with Crippen molar-refractivity contribution in [1.29, 1.82) is 0 Å². The maximum Gasteiger partial charge on any atom is 0.227 e. The van der Waals surface area contributed by atoms with E-state index >= 15 is 0 Å². The van der Waals surface area contributed by atoms with Crippen LogP contribution in [0, 0.1) is 6.92 Å². The summed E-state index contributed by atoms with van der Waals surface area (Å²) < 4.78 is 28.2. The predicted octanol–water partition coefficient (Wildman–Crippen LogP) is 3.15. The minimum Gasteiger partial charge on any atom is -0.338 e. The minimum atomic E-state index is -1.17. The van der Waals surface area contributed by atoms with E-state index in [0.29, 0.717) is 30.5 Å². The molecule has 4 heterocycles. The van der Waals surface area contributed by atoms with Crippen LogP contribution >= 0.6 is 0 Å². The van der Waals surface area contributed by atoms with Gasteiger partial charge in [-0.2, -0.15) is 4.98 Å². The molecule has 8 nitrogen and oxygen atoms in total. The summed E-state index contributed by atoms with van der Waals surface area (Å²) in [5.41, 5.74) is 1.85. The van der Waals surface area contributed by atoms with Crippen LogP contribution in [0.3, 0.4) is 0 Å². The molecule has 1 fully saturated rings. The molecule has 1 unspecified atom stereocenters. The number of hydrogen-bond donors (Lipinski definition) is 1. The van der Waals surface area contributed by atoms with E-state index in [0.717, 1.165) is 16.9 Å². The topological polar surface area (TPSA) is 88.8 Å². The van der Waals surface area contributed by atoms with Crippen molar-refractivity contribution in [3.63, 3.8) is 0 Å². The SMILES string of the molecule is Cc1nc2cnc(Nc3ccnc(N4CC[C@@H](S(C)=O)[C@@H](F)C4)n3)cc2n1C(C)C. The van der Waals surface area contributed by atoms with Gasteiger partial charge in [0.25, 0.3) is 0 Å². The van der Waals surface area contributed by atoms with Crippen LogP contribution in [0.4, 0.5) is 22.0 Å². The fraction of sp³-hybridized carbons (Fsp3) is 0.500. The molecule has 1 N–H and O–H groups in total. The Bertz CT molecular complexity index is 1090. The fourth-order valence-electron chi connectivity index (χ4n) is 3.98. The first-order valence-electron chi connectivity index (χ1n) is 9.99. The van der Waals surface area contributed by atoms with E-state index in [9.17, 15) is 8.60 Å². The Morgan fingerprint density at radius 1 is 1.27 bits per heavy atom. The highest BCUT2D eigenvalue weighted by Crippen LogP contribution is 2.25. The number of piperidine rings is 1. The van der Waals surface area contributed by atoms with Crippen LogP contribution in [-0.2, 0) is 10.8 Å². The standard InChI is InChI=1S/C20H26FN7OS/c1-12(2)28-13(3)24-15-10-23-19(9-16(15)28)25-18-5-7-22-20(26-18)27-8-6-17(30(4)29)14(21)11-27/h5,7,9-10,12,14,17H,6,8,11H2,1-4H3,(H,22,23,25,26)/t14-,17+,30?/m0/s1. The molecule has 30 heavy (non-hydrogen) atoms. The number of fused-ring (bicyclic) bond motifs is 1. The van der Waals surface area contributed by atoms with Crippen molar-refractivity contribution in [3.05, 3.63) is 30.4 Å². The van der Waals surface area contributed by atoms with Crippen molar-refractivity contribution in [3.8, 4) is 0 Å². The molecule has 0 bridgehead atoms. The smallest absolute Gasteiger partial charge is 0.227 e. The predicted molar refractivity (Wildman–Crippen MR) is 118 cm³/mol. The summed E-state index contributed by atoms with van der Waals surface area (Å²) in [7, 11) is -1.17. The third kappa shape index (κ3) is 4.00. The second kappa shape index (κ2) is 8.25. The molecule has 3 aromatic heterocycles. The van der Waals surface area contributed by atoms with Gasteiger partial charge in [-0.05, 0) is 33.3 Å². The number of pyridine rings is 1. The number of halogens is 1. The number of nitrogens with zero attached hydrogens (tertiary/aromatic N) is 6. The molecule has 0 aromatic carbocycles. The van der Waals surface area contributed by atoms with Crippen molar-refractivity contribution in [2.45, 2.75) is 44.7 Å². The summed E-state index contributed by atoms with van der Waals surface area (Å²) in [5.74, 6) is 2.63. The summed E-state index contributed by atoms with van der Waals surface area (Å²) in [5, 5.41) is 2.79. The van der Waals surface area contributed by atoms with Gasteiger partial charge in [0.05, 0.1) is 23.5 Å². The molecule has 0 spiro atoms. The van der Waals surface area contributed by atoms with Gasteiger partial charge in [0, 0.05) is 41.9 Å². The number of anilines is 3. The van der Waals surface area contributed by atoms with E-state index in [1.54, 1.807) is 29.6 Å². The van der Waals surface area contributed by atoms with Gasteiger partial charge in [0.15, 0.2) is 0 Å². The van der Waals surface area contributed by atoms with Crippen molar-refractivity contribution < 1.29 is 8.60 Å². The maximum atomic E-state index is 14.4. The molecule has 0 saturated carbocycles. The molecule has 1 saturated heterocycles. The van der Waals surface area contributed by atoms with Crippen LogP contribution in [-0.4, -0.2) is 59.5 Å². The van der Waals surface area contributed by atoms with Crippen LogP contribution < -0.4 is 10.2 Å². The van der Waals surface area contributed by atoms with Gasteiger partial charge in [0.1, 0.15) is 29.1 Å². The second-order valence-electron chi connectivity index (χ2n) is 7.84. The quantitative estimate of drug-likeness (QED) is 0.664. The molecular formula is C20H26FN7OS. The lowest BCUT2D eigenvalue weighted by Crippen LogP contribution is -2.46. The molecular weight excluding hydrogens is 405 g/mol. The average Bonchev–Trinajstić information content (AvgIpc) is 3.03. The van der Waals surface area contributed by atoms with Crippen molar-refractivity contribution >= 4 is 39.4 Å². The number of rotatable bonds is 5. The zero-order valence-corrected chi connectivity index (χ0v) is 18.4. The van der Waals surface area contributed by atoms with Crippen molar-refractivity contribution in [2.24, 2.45) is 0 Å². The lowest BCUT2D eigenvalue weighted by Gasteiger charge is -2.33. The average molecular weight is 432 g/mol. The summed E-state index contributed by atoms with van der Waals surface area (Å²) in [6.07, 6.45) is 4.30. The van der Waals surface area contributed by atoms with E-state index < -0.39 is 22.2 Å². The number of aromatic nitrogens is 5. The first-order valence-corrected chi connectivity index (χ1v) is 11.6.